The third-order valence-corrected chi connectivity index (χ3v) is 5.52. The van der Waals surface area contributed by atoms with E-state index in [9.17, 15) is 9.59 Å². The molecule has 0 spiro atoms. The van der Waals surface area contributed by atoms with Crippen LogP contribution < -0.4 is 0 Å². The van der Waals surface area contributed by atoms with E-state index in [-0.39, 0.29) is 17.5 Å². The summed E-state index contributed by atoms with van der Waals surface area (Å²) < 4.78 is 1.70. The fourth-order valence-corrected chi connectivity index (χ4v) is 4.01. The van der Waals surface area contributed by atoms with Gasteiger partial charge in [0.25, 0.3) is 0 Å². The minimum Gasteiger partial charge on any atom is -0.294 e. The summed E-state index contributed by atoms with van der Waals surface area (Å²) in [6.45, 7) is 7.68. The first kappa shape index (κ1) is 17.6. The van der Waals surface area contributed by atoms with Crippen molar-refractivity contribution in [1.82, 2.24) is 14.6 Å². The predicted octanol–water partition coefficient (Wildman–Crippen LogP) is 4.28. The lowest BCUT2D eigenvalue weighted by atomic mass is 9.81. The minimum absolute atomic E-state index is 0.0575. The number of rotatable bonds is 3. The molecule has 2 aromatic heterocycles. The Hall–Kier alpha value is -2.82. The Kier molecular flexibility index (Phi) is 4.17. The lowest BCUT2D eigenvalue weighted by molar-refractivity contribution is 0.0961. The van der Waals surface area contributed by atoms with Gasteiger partial charge in [0.15, 0.2) is 17.2 Å². The van der Waals surface area contributed by atoms with Gasteiger partial charge in [-0.25, -0.2) is 9.50 Å². The zero-order valence-electron chi connectivity index (χ0n) is 16.1. The first-order valence-corrected chi connectivity index (χ1v) is 9.38. The number of carbonyl (C=O) groups excluding carboxylic acids is 2. The van der Waals surface area contributed by atoms with Crippen molar-refractivity contribution < 1.29 is 9.59 Å². The monoisotopic (exact) mass is 361 g/mol. The molecule has 1 aromatic carbocycles. The second kappa shape index (κ2) is 6.41. The van der Waals surface area contributed by atoms with E-state index in [0.717, 1.165) is 5.69 Å². The first-order valence-electron chi connectivity index (χ1n) is 9.38. The molecular weight excluding hydrogens is 338 g/mol. The van der Waals surface area contributed by atoms with Gasteiger partial charge in [-0.1, -0.05) is 38.1 Å². The van der Waals surface area contributed by atoms with Crippen molar-refractivity contribution >= 4 is 17.2 Å². The molecule has 0 N–H and O–H groups in total. The zero-order chi connectivity index (χ0) is 19.3. The van der Waals surface area contributed by atoms with E-state index >= 15 is 0 Å². The van der Waals surface area contributed by atoms with Crippen LogP contribution in [-0.2, 0) is 6.42 Å². The topological polar surface area (TPSA) is 64.3 Å². The van der Waals surface area contributed by atoms with Gasteiger partial charge in [0.2, 0.25) is 0 Å². The smallest absolute Gasteiger partial charge is 0.166 e. The molecule has 138 valence electrons. The molecule has 0 saturated carbocycles. The number of ketones is 2. The highest BCUT2D eigenvalue weighted by atomic mass is 16.1. The number of nitrogens with zero attached hydrogens (tertiary/aromatic N) is 3. The second-order valence-electron chi connectivity index (χ2n) is 7.72. The molecule has 27 heavy (non-hydrogen) atoms. The molecule has 0 aliphatic heterocycles. The van der Waals surface area contributed by atoms with Crippen molar-refractivity contribution in [2.24, 2.45) is 0 Å². The maximum Gasteiger partial charge on any atom is 0.166 e. The molecule has 0 bridgehead atoms. The van der Waals surface area contributed by atoms with E-state index in [1.807, 2.05) is 6.92 Å². The number of hydrogen-bond donors (Lipinski definition) is 0. The summed E-state index contributed by atoms with van der Waals surface area (Å²) >= 11 is 0. The number of aromatic nitrogens is 3. The number of Topliss-reactive ketones (excluding diaryl/α,β-unsaturated/α-hetero) is 2. The molecular formula is C22H23N3O2. The van der Waals surface area contributed by atoms with Crippen LogP contribution >= 0.6 is 0 Å². The van der Waals surface area contributed by atoms with E-state index in [1.165, 1.54) is 18.1 Å². The van der Waals surface area contributed by atoms with Gasteiger partial charge in [0.1, 0.15) is 0 Å². The molecule has 4 rings (SSSR count). The summed E-state index contributed by atoms with van der Waals surface area (Å²) in [6.07, 6.45) is 2.79. The average Bonchev–Trinajstić information content (AvgIpc) is 2.98. The molecule has 0 saturated heterocycles. The normalized spacial score (nSPS) is 16.8. The molecule has 0 radical (unpaired) electrons. The number of aryl methyl sites for hydroxylation is 1. The third-order valence-electron chi connectivity index (χ3n) is 5.52. The SMILES string of the molecule is CC(=O)c1c(C)nn2c3c(cnc12)C(=O)CC(c1ccc(C(C)C)cc1)C3. The summed E-state index contributed by atoms with van der Waals surface area (Å²) in [5.41, 5.74) is 5.66. The fraction of sp³-hybridized carbons (Fsp3) is 0.364. The molecule has 5 nitrogen and oxygen atoms in total. The van der Waals surface area contributed by atoms with Crippen LogP contribution in [0.5, 0.6) is 0 Å². The van der Waals surface area contributed by atoms with Crippen molar-refractivity contribution in [2.75, 3.05) is 0 Å². The second-order valence-corrected chi connectivity index (χ2v) is 7.72. The molecule has 2 heterocycles. The van der Waals surface area contributed by atoms with E-state index < -0.39 is 0 Å². The van der Waals surface area contributed by atoms with Gasteiger partial charge < -0.3 is 0 Å². The van der Waals surface area contributed by atoms with Gasteiger partial charge in [0.05, 0.1) is 22.5 Å². The summed E-state index contributed by atoms with van der Waals surface area (Å²) in [4.78, 5) is 29.1. The van der Waals surface area contributed by atoms with Gasteiger partial charge in [0, 0.05) is 12.6 Å². The summed E-state index contributed by atoms with van der Waals surface area (Å²) in [5.74, 6) is 0.622. The highest BCUT2D eigenvalue weighted by molar-refractivity contribution is 6.02. The quantitative estimate of drug-likeness (QED) is 0.653. The van der Waals surface area contributed by atoms with Gasteiger partial charge in [-0.15, -0.1) is 0 Å². The fourth-order valence-electron chi connectivity index (χ4n) is 4.01. The molecule has 0 fully saturated rings. The Morgan fingerprint density at radius 2 is 1.89 bits per heavy atom. The van der Waals surface area contributed by atoms with Crippen LogP contribution in [0.15, 0.2) is 30.5 Å². The van der Waals surface area contributed by atoms with Crippen molar-refractivity contribution in [3.63, 3.8) is 0 Å². The highest BCUT2D eigenvalue weighted by Gasteiger charge is 2.30. The summed E-state index contributed by atoms with van der Waals surface area (Å²) in [6, 6.07) is 8.56. The van der Waals surface area contributed by atoms with E-state index in [1.54, 1.807) is 10.7 Å². The Labute approximate surface area is 158 Å². The molecule has 5 heteroatoms. The molecule has 3 aromatic rings. The van der Waals surface area contributed by atoms with Crippen molar-refractivity contribution in [2.45, 2.75) is 52.4 Å². The molecule has 1 aliphatic carbocycles. The Balaban J connectivity index is 1.79. The van der Waals surface area contributed by atoms with Crippen molar-refractivity contribution in [3.8, 4) is 0 Å². The van der Waals surface area contributed by atoms with Crippen LogP contribution in [-0.4, -0.2) is 26.2 Å². The minimum atomic E-state index is -0.0575. The van der Waals surface area contributed by atoms with Gasteiger partial charge in [-0.3, -0.25) is 9.59 Å². The molecule has 1 aliphatic rings. The molecule has 1 unspecified atom stereocenters. The van der Waals surface area contributed by atoms with Crippen LogP contribution in [0, 0.1) is 6.92 Å². The van der Waals surface area contributed by atoms with Crippen LogP contribution in [0.3, 0.4) is 0 Å². The Bertz CT molecular complexity index is 1060. The Morgan fingerprint density at radius 1 is 1.19 bits per heavy atom. The van der Waals surface area contributed by atoms with Crippen LogP contribution in [0.25, 0.3) is 5.65 Å². The van der Waals surface area contributed by atoms with Crippen molar-refractivity contribution in [3.05, 3.63) is 64.1 Å². The summed E-state index contributed by atoms with van der Waals surface area (Å²) in [5, 5.41) is 4.53. The van der Waals surface area contributed by atoms with Gasteiger partial charge in [-0.2, -0.15) is 5.10 Å². The van der Waals surface area contributed by atoms with E-state index in [2.05, 4.69) is 48.2 Å². The zero-order valence-corrected chi connectivity index (χ0v) is 16.1. The third kappa shape index (κ3) is 2.87. The lowest BCUT2D eigenvalue weighted by Gasteiger charge is -2.24. The number of carbonyl (C=O) groups is 2. The maximum absolute atomic E-state index is 12.8. The van der Waals surface area contributed by atoms with Crippen LogP contribution in [0.1, 0.15) is 82.3 Å². The predicted molar refractivity (Wildman–Crippen MR) is 104 cm³/mol. The van der Waals surface area contributed by atoms with Crippen molar-refractivity contribution in [1.29, 1.82) is 0 Å². The number of hydrogen-bond acceptors (Lipinski definition) is 4. The summed E-state index contributed by atoms with van der Waals surface area (Å²) in [7, 11) is 0. The van der Waals surface area contributed by atoms with Crippen LogP contribution in [0.2, 0.25) is 0 Å². The van der Waals surface area contributed by atoms with Crippen LogP contribution in [0.4, 0.5) is 0 Å². The number of fused-ring (bicyclic) bond motifs is 3. The first-order chi connectivity index (χ1) is 12.9. The van der Waals surface area contributed by atoms with E-state index in [4.69, 9.17) is 0 Å². The number of benzene rings is 1. The standard InChI is InChI=1S/C22H23N3O2/c1-12(2)15-5-7-16(8-6-15)17-9-19-18(20(27)10-17)11-23-22-21(14(4)26)13(3)24-25(19)22/h5-8,11-12,17H,9-10H2,1-4H3. The maximum atomic E-state index is 12.8. The van der Waals surface area contributed by atoms with Gasteiger partial charge in [-0.05, 0) is 43.2 Å². The molecule has 1 atom stereocenters. The highest BCUT2D eigenvalue weighted by Crippen LogP contribution is 2.34. The lowest BCUT2D eigenvalue weighted by Crippen LogP contribution is -2.22. The molecule has 0 amide bonds. The average molecular weight is 361 g/mol. The Morgan fingerprint density at radius 3 is 2.52 bits per heavy atom. The van der Waals surface area contributed by atoms with Gasteiger partial charge >= 0.3 is 0 Å². The largest absolute Gasteiger partial charge is 0.294 e. The van der Waals surface area contributed by atoms with E-state index in [0.29, 0.717) is 41.2 Å².